The molecule has 1 aromatic carbocycles. The van der Waals surface area contributed by atoms with Crippen molar-refractivity contribution in [3.8, 4) is 0 Å². The summed E-state index contributed by atoms with van der Waals surface area (Å²) < 4.78 is 2.45. The van der Waals surface area contributed by atoms with Gasteiger partial charge in [-0.3, -0.25) is 4.79 Å². The van der Waals surface area contributed by atoms with Crippen molar-refractivity contribution >= 4 is 45.2 Å². The van der Waals surface area contributed by atoms with E-state index in [0.29, 0.717) is 0 Å². The van der Waals surface area contributed by atoms with Gasteiger partial charge in [-0.05, 0) is 31.2 Å². The van der Waals surface area contributed by atoms with Crippen molar-refractivity contribution in [3.05, 3.63) is 50.3 Å². The maximum Gasteiger partial charge on any atom is 0.274 e. The lowest BCUT2D eigenvalue weighted by Crippen LogP contribution is -2.22. The van der Waals surface area contributed by atoms with Gasteiger partial charge < -0.3 is 4.90 Å². The van der Waals surface area contributed by atoms with Crippen molar-refractivity contribution in [1.82, 2.24) is 14.3 Å². The molecule has 0 spiro atoms. The Hall–Kier alpha value is -1.79. The summed E-state index contributed by atoms with van der Waals surface area (Å²) in [5.41, 5.74) is 1.78. The van der Waals surface area contributed by atoms with Gasteiger partial charge in [0.25, 0.3) is 5.56 Å². The first-order valence-electron chi connectivity index (χ1n) is 7.27. The van der Waals surface area contributed by atoms with Gasteiger partial charge in [0.1, 0.15) is 0 Å². The summed E-state index contributed by atoms with van der Waals surface area (Å²) in [6.45, 7) is 4.25. The summed E-state index contributed by atoms with van der Waals surface area (Å²) in [6.07, 6.45) is 4.00. The van der Waals surface area contributed by atoms with E-state index >= 15 is 0 Å². The van der Waals surface area contributed by atoms with E-state index in [1.807, 2.05) is 42.1 Å². The SMILES string of the molecule is CCN1CCS/C1=C\C=c1/sc2nc3ccccc3n2c1=O. The lowest BCUT2D eigenvalue weighted by Gasteiger charge is -2.14. The normalized spacial score (nSPS) is 18.3. The Labute approximate surface area is 135 Å². The quantitative estimate of drug-likeness (QED) is 0.723. The maximum atomic E-state index is 12.6. The zero-order valence-corrected chi connectivity index (χ0v) is 13.8. The molecule has 6 heteroatoms. The van der Waals surface area contributed by atoms with Crippen molar-refractivity contribution in [1.29, 1.82) is 0 Å². The minimum atomic E-state index is 0.0246. The van der Waals surface area contributed by atoms with Crippen LogP contribution in [-0.4, -0.2) is 33.1 Å². The average molecular weight is 329 g/mol. The van der Waals surface area contributed by atoms with E-state index < -0.39 is 0 Å². The summed E-state index contributed by atoms with van der Waals surface area (Å²) in [6, 6.07) is 7.76. The number of allylic oxidation sites excluding steroid dienone is 1. The molecule has 4 rings (SSSR count). The van der Waals surface area contributed by atoms with E-state index in [0.717, 1.165) is 39.4 Å². The molecule has 2 aromatic heterocycles. The summed E-state index contributed by atoms with van der Waals surface area (Å²) in [4.78, 5) is 20.2. The number of hydrogen-bond acceptors (Lipinski definition) is 5. The Morgan fingerprint density at radius 3 is 3.05 bits per heavy atom. The first kappa shape index (κ1) is 13.8. The fraction of sp³-hybridized carbons (Fsp3) is 0.250. The van der Waals surface area contributed by atoms with E-state index in [2.05, 4.69) is 22.9 Å². The van der Waals surface area contributed by atoms with E-state index in [9.17, 15) is 4.79 Å². The second-order valence-electron chi connectivity index (χ2n) is 5.09. The predicted molar refractivity (Wildman–Crippen MR) is 94.3 cm³/mol. The van der Waals surface area contributed by atoms with Gasteiger partial charge in [0.2, 0.25) is 0 Å². The number of benzene rings is 1. The van der Waals surface area contributed by atoms with Crippen LogP contribution in [0.15, 0.2) is 40.2 Å². The monoisotopic (exact) mass is 329 g/mol. The van der Waals surface area contributed by atoms with Crippen molar-refractivity contribution in [3.63, 3.8) is 0 Å². The molecule has 4 nitrogen and oxygen atoms in total. The molecule has 3 heterocycles. The lowest BCUT2D eigenvalue weighted by atomic mass is 10.3. The van der Waals surface area contributed by atoms with Crippen LogP contribution in [0.2, 0.25) is 0 Å². The standard InChI is InChI=1S/C16H15N3OS2/c1-2-18-9-10-21-14(18)8-7-13-15(20)19-12-6-4-3-5-11(12)17-16(19)22-13/h3-8H,2,9-10H2,1H3/b13-7-,14-8-. The third kappa shape index (κ3) is 2.14. The Morgan fingerprint density at radius 1 is 1.32 bits per heavy atom. The van der Waals surface area contributed by atoms with Gasteiger partial charge in [-0.1, -0.05) is 23.5 Å². The first-order chi connectivity index (χ1) is 10.8. The molecule has 0 atom stereocenters. The smallest absolute Gasteiger partial charge is 0.274 e. The Kier molecular flexibility index (Phi) is 3.43. The summed E-state index contributed by atoms with van der Waals surface area (Å²) >= 11 is 3.30. The van der Waals surface area contributed by atoms with E-state index in [4.69, 9.17) is 0 Å². The minimum Gasteiger partial charge on any atom is -0.366 e. The highest BCUT2D eigenvalue weighted by Gasteiger charge is 2.15. The van der Waals surface area contributed by atoms with Crippen molar-refractivity contribution < 1.29 is 0 Å². The number of thiazole rings is 1. The van der Waals surface area contributed by atoms with Crippen LogP contribution in [0, 0.1) is 0 Å². The second-order valence-corrected chi connectivity index (χ2v) is 7.21. The molecule has 0 saturated carbocycles. The molecule has 1 aliphatic heterocycles. The highest BCUT2D eigenvalue weighted by molar-refractivity contribution is 8.03. The van der Waals surface area contributed by atoms with Gasteiger partial charge in [-0.2, -0.15) is 0 Å². The molecule has 0 bridgehead atoms. The van der Waals surface area contributed by atoms with Crippen molar-refractivity contribution in [2.45, 2.75) is 6.92 Å². The molecule has 0 unspecified atom stereocenters. The fourth-order valence-corrected chi connectivity index (χ4v) is 4.72. The topological polar surface area (TPSA) is 37.6 Å². The predicted octanol–water partition coefficient (Wildman–Crippen LogP) is 2.32. The van der Waals surface area contributed by atoms with E-state index in [1.54, 1.807) is 4.40 Å². The van der Waals surface area contributed by atoms with Gasteiger partial charge >= 0.3 is 0 Å². The zero-order chi connectivity index (χ0) is 15.1. The Morgan fingerprint density at radius 2 is 2.18 bits per heavy atom. The number of hydrogen-bond donors (Lipinski definition) is 0. The molecule has 112 valence electrons. The van der Waals surface area contributed by atoms with Crippen LogP contribution in [0.3, 0.4) is 0 Å². The molecule has 22 heavy (non-hydrogen) atoms. The Balaban J connectivity index is 1.86. The fourth-order valence-electron chi connectivity index (χ4n) is 2.70. The molecular weight excluding hydrogens is 314 g/mol. The summed E-state index contributed by atoms with van der Waals surface area (Å²) in [5.74, 6) is 1.12. The molecule has 0 aliphatic carbocycles. The first-order valence-corrected chi connectivity index (χ1v) is 9.08. The maximum absolute atomic E-state index is 12.6. The zero-order valence-electron chi connectivity index (χ0n) is 12.2. The largest absolute Gasteiger partial charge is 0.366 e. The number of fused-ring (bicyclic) bond motifs is 3. The van der Waals surface area contributed by atoms with Crippen molar-refractivity contribution in [2.75, 3.05) is 18.8 Å². The molecule has 0 radical (unpaired) electrons. The van der Waals surface area contributed by atoms with Gasteiger partial charge in [0.15, 0.2) is 4.96 Å². The molecule has 3 aromatic rings. The highest BCUT2D eigenvalue weighted by Crippen LogP contribution is 2.27. The van der Waals surface area contributed by atoms with Gasteiger partial charge in [-0.25, -0.2) is 9.38 Å². The van der Waals surface area contributed by atoms with Crippen LogP contribution in [-0.2, 0) is 0 Å². The van der Waals surface area contributed by atoms with Crippen LogP contribution in [0.25, 0.3) is 22.1 Å². The third-order valence-corrected chi connectivity index (χ3v) is 5.89. The molecule has 0 amide bonds. The number of thioether (sulfide) groups is 1. The van der Waals surface area contributed by atoms with Gasteiger partial charge in [0, 0.05) is 18.8 Å². The third-order valence-electron chi connectivity index (χ3n) is 3.83. The average Bonchev–Trinajstić information content (AvgIpc) is 3.20. The van der Waals surface area contributed by atoms with Crippen LogP contribution in [0.5, 0.6) is 0 Å². The number of para-hydroxylation sites is 2. The van der Waals surface area contributed by atoms with E-state index in [-0.39, 0.29) is 5.56 Å². The van der Waals surface area contributed by atoms with Crippen LogP contribution >= 0.6 is 23.1 Å². The van der Waals surface area contributed by atoms with Crippen LogP contribution in [0.1, 0.15) is 6.92 Å². The van der Waals surface area contributed by atoms with Crippen molar-refractivity contribution in [2.24, 2.45) is 0 Å². The molecule has 1 saturated heterocycles. The molecule has 1 fully saturated rings. The Bertz CT molecular complexity index is 986. The number of rotatable bonds is 2. The van der Waals surface area contributed by atoms with Crippen LogP contribution in [0.4, 0.5) is 0 Å². The number of imidazole rings is 1. The summed E-state index contributed by atoms with van der Waals surface area (Å²) in [5, 5.41) is 1.25. The number of nitrogens with zero attached hydrogens (tertiary/aromatic N) is 3. The molecular formula is C16H15N3OS2. The molecule has 1 aliphatic rings. The number of aromatic nitrogens is 2. The minimum absolute atomic E-state index is 0.0246. The van der Waals surface area contributed by atoms with Gasteiger partial charge in [0.05, 0.1) is 20.6 Å². The summed E-state index contributed by atoms with van der Waals surface area (Å²) in [7, 11) is 0. The molecule has 0 N–H and O–H groups in total. The lowest BCUT2D eigenvalue weighted by molar-refractivity contribution is 0.426. The van der Waals surface area contributed by atoms with Crippen LogP contribution < -0.4 is 10.1 Å². The van der Waals surface area contributed by atoms with Gasteiger partial charge in [-0.15, -0.1) is 11.8 Å². The second kappa shape index (κ2) is 5.44. The van der Waals surface area contributed by atoms with E-state index in [1.165, 1.54) is 16.4 Å². The highest BCUT2D eigenvalue weighted by atomic mass is 32.2.